The second kappa shape index (κ2) is 5.98. The van der Waals surface area contributed by atoms with Crippen molar-refractivity contribution >= 4 is 6.09 Å². The van der Waals surface area contributed by atoms with Crippen molar-refractivity contribution in [3.05, 3.63) is 0 Å². The van der Waals surface area contributed by atoms with Crippen LogP contribution >= 0.6 is 0 Å². The van der Waals surface area contributed by atoms with E-state index in [0.717, 1.165) is 4.90 Å². The van der Waals surface area contributed by atoms with Gasteiger partial charge in [-0.3, -0.25) is 4.90 Å². The van der Waals surface area contributed by atoms with Crippen LogP contribution < -0.4 is 5.73 Å². The zero-order valence-corrected chi connectivity index (χ0v) is 10.2. The first-order chi connectivity index (χ1) is 7.17. The molecule has 0 radical (unpaired) electrons. The molecule has 1 atom stereocenters. The summed E-state index contributed by atoms with van der Waals surface area (Å²) in [6, 6.07) is -0.469. The van der Waals surface area contributed by atoms with E-state index in [1.54, 1.807) is 27.7 Å². The van der Waals surface area contributed by atoms with Crippen molar-refractivity contribution in [3.8, 4) is 0 Å². The molecular formula is C10H20F2N2O2. The third-order valence-corrected chi connectivity index (χ3v) is 1.84. The first-order valence-corrected chi connectivity index (χ1v) is 5.15. The topological polar surface area (TPSA) is 55.6 Å². The average molecular weight is 238 g/mol. The molecule has 0 saturated heterocycles. The van der Waals surface area contributed by atoms with E-state index in [9.17, 15) is 13.6 Å². The van der Waals surface area contributed by atoms with Crippen LogP contribution in [0.5, 0.6) is 0 Å². The maximum absolute atomic E-state index is 12.3. The summed E-state index contributed by atoms with van der Waals surface area (Å²) in [5.74, 6) is 0. The zero-order valence-electron chi connectivity index (χ0n) is 10.2. The van der Waals surface area contributed by atoms with Crippen LogP contribution in [0.1, 0.15) is 27.7 Å². The standard InChI is InChI=1S/C10H20F2N2O2/c1-7(5-13)14(6-8(11)12)9(15)16-10(2,3)4/h7-8H,5-6,13H2,1-4H3. The molecule has 0 fully saturated rings. The van der Waals surface area contributed by atoms with Crippen LogP contribution in [0.25, 0.3) is 0 Å². The van der Waals surface area contributed by atoms with Crippen LogP contribution in [-0.4, -0.2) is 42.2 Å². The van der Waals surface area contributed by atoms with Gasteiger partial charge in [-0.05, 0) is 27.7 Å². The Morgan fingerprint density at radius 2 is 1.94 bits per heavy atom. The second-order valence-electron chi connectivity index (χ2n) is 4.61. The maximum Gasteiger partial charge on any atom is 0.410 e. The normalized spacial score (nSPS) is 13.8. The molecule has 96 valence electrons. The van der Waals surface area contributed by atoms with E-state index < -0.39 is 30.7 Å². The molecule has 0 rings (SSSR count). The molecule has 0 aromatic carbocycles. The summed E-state index contributed by atoms with van der Waals surface area (Å²) in [6.07, 6.45) is -3.35. The lowest BCUT2D eigenvalue weighted by molar-refractivity contribution is 0.00180. The molecule has 1 unspecified atom stereocenters. The fourth-order valence-corrected chi connectivity index (χ4v) is 1.03. The van der Waals surface area contributed by atoms with Crippen molar-refractivity contribution in [2.45, 2.75) is 45.8 Å². The number of hydrogen-bond donors (Lipinski definition) is 1. The van der Waals surface area contributed by atoms with Gasteiger partial charge in [0.2, 0.25) is 0 Å². The maximum atomic E-state index is 12.3. The molecule has 0 spiro atoms. The number of nitrogens with zero attached hydrogens (tertiary/aromatic N) is 1. The van der Waals surface area contributed by atoms with Crippen molar-refractivity contribution in [3.63, 3.8) is 0 Å². The Morgan fingerprint density at radius 1 is 1.44 bits per heavy atom. The lowest BCUT2D eigenvalue weighted by Gasteiger charge is -2.30. The Labute approximate surface area is 94.7 Å². The Balaban J connectivity index is 4.56. The highest BCUT2D eigenvalue weighted by Crippen LogP contribution is 2.13. The summed E-state index contributed by atoms with van der Waals surface area (Å²) >= 11 is 0. The molecule has 1 amide bonds. The smallest absolute Gasteiger partial charge is 0.410 e. The monoisotopic (exact) mass is 238 g/mol. The number of carbonyl (C=O) groups excluding carboxylic acids is 1. The van der Waals surface area contributed by atoms with Gasteiger partial charge in [0.1, 0.15) is 5.60 Å². The molecule has 6 heteroatoms. The molecule has 0 aliphatic carbocycles. The minimum absolute atomic E-state index is 0.117. The minimum Gasteiger partial charge on any atom is -0.444 e. The Hall–Kier alpha value is -0.910. The lowest BCUT2D eigenvalue weighted by Crippen LogP contribution is -2.47. The third-order valence-electron chi connectivity index (χ3n) is 1.84. The quantitative estimate of drug-likeness (QED) is 0.813. The molecule has 16 heavy (non-hydrogen) atoms. The summed E-state index contributed by atoms with van der Waals surface area (Å²) in [6.45, 7) is 6.10. The molecule has 0 aliphatic heterocycles. The highest BCUT2D eigenvalue weighted by atomic mass is 19.3. The van der Waals surface area contributed by atoms with Gasteiger partial charge in [0.05, 0.1) is 6.54 Å². The molecule has 0 saturated carbocycles. The van der Waals surface area contributed by atoms with Gasteiger partial charge < -0.3 is 10.5 Å². The zero-order chi connectivity index (χ0) is 12.9. The minimum atomic E-state index is -2.60. The first-order valence-electron chi connectivity index (χ1n) is 5.15. The highest BCUT2D eigenvalue weighted by molar-refractivity contribution is 5.68. The number of alkyl halides is 2. The van der Waals surface area contributed by atoms with E-state index in [0.29, 0.717) is 0 Å². The van der Waals surface area contributed by atoms with Gasteiger partial charge in [-0.1, -0.05) is 0 Å². The van der Waals surface area contributed by atoms with E-state index in [-0.39, 0.29) is 6.54 Å². The first kappa shape index (κ1) is 15.1. The van der Waals surface area contributed by atoms with Crippen LogP contribution in [0.2, 0.25) is 0 Å². The van der Waals surface area contributed by atoms with Gasteiger partial charge in [0, 0.05) is 12.6 Å². The van der Waals surface area contributed by atoms with Crippen LogP contribution in [0.3, 0.4) is 0 Å². The fraction of sp³-hybridized carbons (Fsp3) is 0.900. The number of nitrogens with two attached hydrogens (primary N) is 1. The van der Waals surface area contributed by atoms with Crippen molar-refractivity contribution in [1.82, 2.24) is 4.90 Å². The Morgan fingerprint density at radius 3 is 2.25 bits per heavy atom. The van der Waals surface area contributed by atoms with Crippen LogP contribution in [0.4, 0.5) is 13.6 Å². The van der Waals surface area contributed by atoms with Gasteiger partial charge in [0.25, 0.3) is 6.43 Å². The predicted octanol–water partition coefficient (Wildman–Crippen LogP) is 1.84. The molecule has 2 N–H and O–H groups in total. The molecule has 4 nitrogen and oxygen atoms in total. The van der Waals surface area contributed by atoms with Gasteiger partial charge >= 0.3 is 6.09 Å². The van der Waals surface area contributed by atoms with Crippen LogP contribution in [-0.2, 0) is 4.74 Å². The van der Waals surface area contributed by atoms with Crippen molar-refractivity contribution in [2.75, 3.05) is 13.1 Å². The van der Waals surface area contributed by atoms with E-state index in [4.69, 9.17) is 10.5 Å². The molecule has 0 aromatic heterocycles. The lowest BCUT2D eigenvalue weighted by atomic mass is 10.2. The van der Waals surface area contributed by atoms with E-state index >= 15 is 0 Å². The summed E-state index contributed by atoms with van der Waals surface area (Å²) in [4.78, 5) is 12.6. The number of ether oxygens (including phenoxy) is 1. The summed E-state index contributed by atoms with van der Waals surface area (Å²) in [5, 5.41) is 0. The second-order valence-corrected chi connectivity index (χ2v) is 4.61. The number of rotatable bonds is 4. The van der Waals surface area contributed by atoms with E-state index in [1.165, 1.54) is 0 Å². The van der Waals surface area contributed by atoms with Gasteiger partial charge in [-0.25, -0.2) is 13.6 Å². The number of hydrogen-bond acceptors (Lipinski definition) is 3. The van der Waals surface area contributed by atoms with Crippen LogP contribution in [0, 0.1) is 0 Å². The number of halogens is 2. The average Bonchev–Trinajstić information content (AvgIpc) is 2.09. The molecule has 0 heterocycles. The van der Waals surface area contributed by atoms with Gasteiger partial charge in [-0.2, -0.15) is 0 Å². The van der Waals surface area contributed by atoms with Crippen LogP contribution in [0.15, 0.2) is 0 Å². The summed E-state index contributed by atoms with van der Waals surface area (Å²) in [5.41, 5.74) is 4.65. The molecule has 0 bridgehead atoms. The SMILES string of the molecule is CC(CN)N(CC(F)F)C(=O)OC(C)(C)C. The Kier molecular flexibility index (Phi) is 5.64. The molecule has 0 aliphatic rings. The third kappa shape index (κ3) is 5.85. The van der Waals surface area contributed by atoms with Crippen molar-refractivity contribution in [2.24, 2.45) is 5.73 Å². The molecular weight excluding hydrogens is 218 g/mol. The van der Waals surface area contributed by atoms with E-state index in [2.05, 4.69) is 0 Å². The Bertz CT molecular complexity index is 229. The summed E-state index contributed by atoms with van der Waals surface area (Å²) < 4.78 is 29.6. The highest BCUT2D eigenvalue weighted by Gasteiger charge is 2.27. The van der Waals surface area contributed by atoms with Crippen molar-refractivity contribution < 1.29 is 18.3 Å². The molecule has 0 aromatic rings. The predicted molar refractivity (Wildman–Crippen MR) is 57.5 cm³/mol. The van der Waals surface area contributed by atoms with Crippen molar-refractivity contribution in [1.29, 1.82) is 0 Å². The van der Waals surface area contributed by atoms with Gasteiger partial charge in [0.15, 0.2) is 0 Å². The number of carbonyl (C=O) groups is 1. The summed E-state index contributed by atoms with van der Waals surface area (Å²) in [7, 11) is 0. The van der Waals surface area contributed by atoms with Gasteiger partial charge in [-0.15, -0.1) is 0 Å². The van der Waals surface area contributed by atoms with E-state index in [1.807, 2.05) is 0 Å². The largest absolute Gasteiger partial charge is 0.444 e. The fourth-order valence-electron chi connectivity index (χ4n) is 1.03. The number of amides is 1.